The lowest BCUT2D eigenvalue weighted by Crippen LogP contribution is -2.17. The van der Waals surface area contributed by atoms with Gasteiger partial charge in [-0.25, -0.2) is 0 Å². The highest BCUT2D eigenvalue weighted by Gasteiger charge is 2.20. The molecule has 9 aromatic rings. The molecular formula is C57H52N4. The molecule has 0 aliphatic heterocycles. The fourth-order valence-corrected chi connectivity index (χ4v) is 8.35. The number of fused-ring (bicyclic) bond motifs is 3. The van der Waals surface area contributed by atoms with Gasteiger partial charge in [0.05, 0.1) is 11.0 Å². The second kappa shape index (κ2) is 18.6. The van der Waals surface area contributed by atoms with Crippen LogP contribution < -0.4 is 14.7 Å². The quantitative estimate of drug-likeness (QED) is 0.121. The second-order valence-corrected chi connectivity index (χ2v) is 14.6. The molecule has 0 saturated heterocycles. The van der Waals surface area contributed by atoms with Crippen molar-refractivity contribution in [1.29, 1.82) is 0 Å². The fraction of sp³-hybridized carbons (Fsp3) is 0.0877. The summed E-state index contributed by atoms with van der Waals surface area (Å²) >= 11 is 0. The van der Waals surface area contributed by atoms with Crippen LogP contribution in [0.4, 0.5) is 39.8 Å². The van der Waals surface area contributed by atoms with E-state index in [0.29, 0.717) is 0 Å². The normalized spacial score (nSPS) is 11.6. The van der Waals surface area contributed by atoms with Gasteiger partial charge in [-0.05, 0) is 116 Å². The summed E-state index contributed by atoms with van der Waals surface area (Å²) in [6.07, 6.45) is 4.40. The first-order chi connectivity index (χ1) is 30.1. The summed E-state index contributed by atoms with van der Waals surface area (Å²) in [5.41, 5.74) is 14.6. The van der Waals surface area contributed by atoms with E-state index in [9.17, 15) is 0 Å². The second-order valence-electron chi connectivity index (χ2n) is 14.6. The number of allylic oxidation sites excluding steroid dienone is 3. The monoisotopic (exact) mass is 792 g/mol. The molecule has 4 heteroatoms. The maximum absolute atomic E-state index is 2.38. The first kappa shape index (κ1) is 40.2. The molecule has 0 bridgehead atoms. The van der Waals surface area contributed by atoms with Gasteiger partial charge in [0.2, 0.25) is 0 Å². The summed E-state index contributed by atoms with van der Waals surface area (Å²) in [6.45, 7) is 8.22. The number of hydrogen-bond acceptors (Lipinski definition) is 3. The molecule has 0 aliphatic carbocycles. The van der Waals surface area contributed by atoms with E-state index in [0.717, 1.165) is 62.3 Å². The number of nitrogens with zero attached hydrogens (tertiary/aromatic N) is 4. The number of para-hydroxylation sites is 5. The number of likely N-dealkylation sites (N-methyl/N-ethyl adjacent to an activating group) is 1. The van der Waals surface area contributed by atoms with Crippen molar-refractivity contribution < 1.29 is 0 Å². The van der Waals surface area contributed by atoms with E-state index in [2.05, 4.69) is 265 Å². The molecule has 0 aliphatic rings. The third-order valence-corrected chi connectivity index (χ3v) is 11.1. The molecule has 300 valence electrons. The van der Waals surface area contributed by atoms with Gasteiger partial charge in [0.25, 0.3) is 0 Å². The standard InChI is InChI=1S/C55H46N4.C2H6/c1-4-50(53(5-2)56(3)42-21-10-6-11-22-42)41-33-35-46(36-34-41)57(43-23-12-7-13-24-43)47-29-20-30-48(39-47)58(44-25-14-8-15-26-44)49-37-38-52-51-31-18-19-32-54(51)59(55(52)40-49)45-27-16-9-17-28-45;1-2/h4-40H,1-3H3;1-2H3/b50-4-,53-5+;. The predicted molar refractivity (Wildman–Crippen MR) is 264 cm³/mol. The Balaban J connectivity index is 0.00000253. The lowest BCUT2D eigenvalue weighted by atomic mass is 10.00. The largest absolute Gasteiger partial charge is 0.344 e. The van der Waals surface area contributed by atoms with Crippen molar-refractivity contribution in [2.45, 2.75) is 27.7 Å². The van der Waals surface area contributed by atoms with E-state index in [-0.39, 0.29) is 0 Å². The van der Waals surface area contributed by atoms with Crippen LogP contribution in [-0.2, 0) is 0 Å². The first-order valence-electron chi connectivity index (χ1n) is 21.2. The Morgan fingerprint density at radius 1 is 0.393 bits per heavy atom. The van der Waals surface area contributed by atoms with Gasteiger partial charge < -0.3 is 19.3 Å². The molecule has 0 saturated carbocycles. The van der Waals surface area contributed by atoms with Crippen molar-refractivity contribution >= 4 is 67.2 Å². The van der Waals surface area contributed by atoms with Gasteiger partial charge in [-0.15, -0.1) is 0 Å². The average Bonchev–Trinajstić information content (AvgIpc) is 3.67. The third-order valence-electron chi connectivity index (χ3n) is 11.1. The SMILES string of the molecule is C/C=C(\C(=C/C)N(C)c1ccccc1)c1ccc(N(c2ccccc2)c2cccc(N(c3ccccc3)c3ccc4c5ccccc5n(-c5ccccc5)c4c3)c2)cc1.CC. The van der Waals surface area contributed by atoms with E-state index in [1.807, 2.05) is 13.8 Å². The maximum Gasteiger partial charge on any atom is 0.0561 e. The van der Waals surface area contributed by atoms with E-state index in [1.165, 1.54) is 21.9 Å². The highest BCUT2D eigenvalue weighted by atomic mass is 15.2. The van der Waals surface area contributed by atoms with Crippen LogP contribution in [0.5, 0.6) is 0 Å². The highest BCUT2D eigenvalue weighted by Crippen LogP contribution is 2.43. The summed E-state index contributed by atoms with van der Waals surface area (Å²) in [5.74, 6) is 0. The molecule has 61 heavy (non-hydrogen) atoms. The molecule has 1 aromatic heterocycles. The van der Waals surface area contributed by atoms with E-state index < -0.39 is 0 Å². The molecule has 4 nitrogen and oxygen atoms in total. The Bertz CT molecular complexity index is 2900. The minimum absolute atomic E-state index is 1.06. The van der Waals surface area contributed by atoms with Crippen LogP contribution in [0.3, 0.4) is 0 Å². The van der Waals surface area contributed by atoms with Gasteiger partial charge >= 0.3 is 0 Å². The molecule has 0 N–H and O–H groups in total. The van der Waals surface area contributed by atoms with E-state index >= 15 is 0 Å². The number of anilines is 7. The van der Waals surface area contributed by atoms with Crippen molar-refractivity contribution in [3.63, 3.8) is 0 Å². The Morgan fingerprint density at radius 2 is 0.836 bits per heavy atom. The Hall–Kier alpha value is -7.56. The predicted octanol–water partition coefficient (Wildman–Crippen LogP) is 16.2. The third kappa shape index (κ3) is 8.09. The topological polar surface area (TPSA) is 14.7 Å². The number of aromatic nitrogens is 1. The highest BCUT2D eigenvalue weighted by molar-refractivity contribution is 6.10. The first-order valence-corrected chi connectivity index (χ1v) is 21.2. The zero-order valence-corrected chi connectivity index (χ0v) is 35.7. The number of hydrogen-bond donors (Lipinski definition) is 0. The minimum atomic E-state index is 1.06. The van der Waals surface area contributed by atoms with Crippen LogP contribution in [0.2, 0.25) is 0 Å². The molecule has 8 aromatic carbocycles. The van der Waals surface area contributed by atoms with Crippen LogP contribution in [0.25, 0.3) is 33.1 Å². The smallest absolute Gasteiger partial charge is 0.0561 e. The Morgan fingerprint density at radius 3 is 1.41 bits per heavy atom. The fourth-order valence-electron chi connectivity index (χ4n) is 8.35. The molecule has 0 fully saturated rings. The summed E-state index contributed by atoms with van der Waals surface area (Å²) in [5, 5.41) is 2.46. The van der Waals surface area contributed by atoms with E-state index in [1.54, 1.807) is 0 Å². The molecule has 0 amide bonds. The molecular weight excluding hydrogens is 741 g/mol. The van der Waals surface area contributed by atoms with Gasteiger partial charge in [-0.2, -0.15) is 0 Å². The summed E-state index contributed by atoms with van der Waals surface area (Å²) in [7, 11) is 2.13. The van der Waals surface area contributed by atoms with Crippen molar-refractivity contribution in [3.05, 3.63) is 236 Å². The average molecular weight is 793 g/mol. The van der Waals surface area contributed by atoms with Crippen molar-refractivity contribution in [1.82, 2.24) is 4.57 Å². The Kier molecular flexibility index (Phi) is 12.2. The summed E-state index contributed by atoms with van der Waals surface area (Å²) in [4.78, 5) is 6.96. The van der Waals surface area contributed by atoms with Crippen LogP contribution in [0.15, 0.2) is 230 Å². The van der Waals surface area contributed by atoms with Crippen molar-refractivity contribution in [2.75, 3.05) is 21.7 Å². The molecule has 0 radical (unpaired) electrons. The molecule has 0 spiro atoms. The molecule has 0 unspecified atom stereocenters. The molecule has 0 atom stereocenters. The summed E-state index contributed by atoms with van der Waals surface area (Å²) in [6, 6.07) is 75.9. The number of benzene rings is 8. The van der Waals surface area contributed by atoms with E-state index in [4.69, 9.17) is 0 Å². The van der Waals surface area contributed by atoms with Crippen molar-refractivity contribution in [2.24, 2.45) is 0 Å². The van der Waals surface area contributed by atoms with Crippen LogP contribution >= 0.6 is 0 Å². The zero-order chi connectivity index (χ0) is 42.1. The lowest BCUT2D eigenvalue weighted by molar-refractivity contribution is 1.13. The van der Waals surface area contributed by atoms with Gasteiger partial charge in [-0.1, -0.05) is 141 Å². The van der Waals surface area contributed by atoms with Gasteiger partial charge in [-0.3, -0.25) is 0 Å². The lowest BCUT2D eigenvalue weighted by Gasteiger charge is -2.30. The van der Waals surface area contributed by atoms with Crippen molar-refractivity contribution in [3.8, 4) is 5.69 Å². The molecule has 1 heterocycles. The summed E-state index contributed by atoms with van der Waals surface area (Å²) < 4.78 is 2.38. The van der Waals surface area contributed by atoms with Crippen LogP contribution in [0, 0.1) is 0 Å². The van der Waals surface area contributed by atoms with Crippen LogP contribution in [0.1, 0.15) is 33.3 Å². The van der Waals surface area contributed by atoms with Gasteiger partial charge in [0, 0.05) is 74.6 Å². The Labute approximate surface area is 361 Å². The zero-order valence-electron chi connectivity index (χ0n) is 35.7. The number of rotatable bonds is 11. The van der Waals surface area contributed by atoms with Gasteiger partial charge in [0.15, 0.2) is 0 Å². The van der Waals surface area contributed by atoms with Gasteiger partial charge in [0.1, 0.15) is 0 Å². The maximum atomic E-state index is 2.38. The molecule has 9 rings (SSSR count). The minimum Gasteiger partial charge on any atom is -0.344 e. The van der Waals surface area contributed by atoms with Crippen LogP contribution in [-0.4, -0.2) is 11.6 Å².